The van der Waals surface area contributed by atoms with Crippen molar-refractivity contribution < 1.29 is 9.59 Å². The average molecular weight is 503 g/mol. The van der Waals surface area contributed by atoms with Gasteiger partial charge in [-0.3, -0.25) is 9.59 Å². The topological polar surface area (TPSA) is 74.1 Å². The summed E-state index contributed by atoms with van der Waals surface area (Å²) in [6, 6.07) is 25.1. The first kappa shape index (κ1) is 23.3. The maximum Gasteiger partial charge on any atom is 0.262 e. The highest BCUT2D eigenvalue weighted by Crippen LogP contribution is 2.38. The number of thioether (sulfide) groups is 1. The van der Waals surface area contributed by atoms with Crippen molar-refractivity contribution in [2.45, 2.75) is 31.1 Å². The second-order valence-electron chi connectivity index (χ2n) is 8.49. The Balaban J connectivity index is 1.34. The molecule has 0 aliphatic carbocycles. The van der Waals surface area contributed by atoms with Crippen molar-refractivity contribution >= 4 is 51.7 Å². The van der Waals surface area contributed by atoms with Gasteiger partial charge in [-0.1, -0.05) is 83.5 Å². The second-order valence-corrected chi connectivity index (χ2v) is 10.1. The molecule has 3 aromatic carbocycles. The summed E-state index contributed by atoms with van der Waals surface area (Å²) in [6.07, 6.45) is 0.722. The molecule has 0 saturated carbocycles. The highest BCUT2D eigenvalue weighted by atomic mass is 35.5. The lowest BCUT2D eigenvalue weighted by molar-refractivity contribution is -0.121. The Kier molecular flexibility index (Phi) is 6.70. The molecule has 0 aromatic heterocycles. The number of benzene rings is 3. The van der Waals surface area contributed by atoms with Gasteiger partial charge in [0.15, 0.2) is 5.17 Å². The molecule has 3 aromatic rings. The molecule has 2 unspecified atom stereocenters. The zero-order chi connectivity index (χ0) is 24.4. The largest absolute Gasteiger partial charge is 0.326 e. The molecule has 176 valence electrons. The molecule has 2 amide bonds. The van der Waals surface area contributed by atoms with Crippen molar-refractivity contribution in [3.05, 3.63) is 101 Å². The van der Waals surface area contributed by atoms with Gasteiger partial charge in [0.25, 0.3) is 5.91 Å². The van der Waals surface area contributed by atoms with Crippen molar-refractivity contribution in [2.75, 3.05) is 5.32 Å². The van der Waals surface area contributed by atoms with Crippen LogP contribution in [0.25, 0.3) is 0 Å². The Morgan fingerprint density at radius 1 is 1.06 bits per heavy atom. The molecule has 5 rings (SSSR count). The van der Waals surface area contributed by atoms with E-state index in [2.05, 4.69) is 41.5 Å². The normalized spacial score (nSPS) is 19.5. The second kappa shape index (κ2) is 10.1. The van der Waals surface area contributed by atoms with Gasteiger partial charge < -0.3 is 5.32 Å². The summed E-state index contributed by atoms with van der Waals surface area (Å²) in [5.41, 5.74) is 4.89. The number of carbonyl (C=O) groups excluding carboxylic acids is 2. The minimum absolute atomic E-state index is 0.0252. The van der Waals surface area contributed by atoms with Crippen LogP contribution in [0.5, 0.6) is 0 Å². The number of aliphatic imine (C=N–C) groups is 1. The summed E-state index contributed by atoms with van der Waals surface area (Å²) in [7, 11) is 0. The number of halogens is 1. The fourth-order valence-electron chi connectivity index (χ4n) is 4.06. The van der Waals surface area contributed by atoms with E-state index in [-0.39, 0.29) is 24.3 Å². The van der Waals surface area contributed by atoms with Gasteiger partial charge in [-0.05, 0) is 42.3 Å². The minimum Gasteiger partial charge on any atom is -0.326 e. The van der Waals surface area contributed by atoms with E-state index in [4.69, 9.17) is 16.7 Å². The predicted octanol–water partition coefficient (Wildman–Crippen LogP) is 5.83. The van der Waals surface area contributed by atoms with E-state index < -0.39 is 5.25 Å². The lowest BCUT2D eigenvalue weighted by Gasteiger charge is -2.23. The molecular weight excluding hydrogens is 480 g/mol. The van der Waals surface area contributed by atoms with Crippen LogP contribution in [-0.2, 0) is 9.59 Å². The third kappa shape index (κ3) is 5.31. The van der Waals surface area contributed by atoms with Crippen molar-refractivity contribution in [1.82, 2.24) is 5.01 Å². The summed E-state index contributed by atoms with van der Waals surface area (Å²) in [6.45, 7) is 2.05. The molecule has 0 spiro atoms. The van der Waals surface area contributed by atoms with E-state index in [0.717, 1.165) is 16.8 Å². The first-order valence-electron chi connectivity index (χ1n) is 11.3. The molecule has 35 heavy (non-hydrogen) atoms. The molecular formula is C27H23ClN4O2S. The van der Waals surface area contributed by atoms with Crippen LogP contribution in [0.1, 0.15) is 35.6 Å². The molecule has 0 saturated heterocycles. The van der Waals surface area contributed by atoms with Crippen LogP contribution in [0.4, 0.5) is 5.69 Å². The highest BCUT2D eigenvalue weighted by Gasteiger charge is 2.39. The smallest absolute Gasteiger partial charge is 0.262 e. The summed E-state index contributed by atoms with van der Waals surface area (Å²) < 4.78 is 0. The lowest BCUT2D eigenvalue weighted by atomic mass is 9.98. The molecule has 2 heterocycles. The van der Waals surface area contributed by atoms with Crippen LogP contribution < -0.4 is 5.32 Å². The summed E-state index contributed by atoms with van der Waals surface area (Å²) in [5.74, 6) is -0.568. The molecule has 0 fully saturated rings. The number of hydrazone groups is 1. The standard InChI is InChI=1S/C27H23ClN4O2S/c1-17-7-9-19(10-8-17)23-15-22(18-5-3-2-4-6-18)31-32(23)27-30-26(34)24(35-27)16-25(33)29-21-13-11-20(28)12-14-21/h2-14,23-24H,15-16H2,1H3,(H,29,33). The van der Waals surface area contributed by atoms with Gasteiger partial charge in [-0.15, -0.1) is 0 Å². The monoisotopic (exact) mass is 502 g/mol. The van der Waals surface area contributed by atoms with E-state index in [9.17, 15) is 9.59 Å². The van der Waals surface area contributed by atoms with Crippen LogP contribution in [0.15, 0.2) is 89.0 Å². The van der Waals surface area contributed by atoms with Crippen LogP contribution in [0, 0.1) is 6.92 Å². The molecule has 0 radical (unpaired) electrons. The van der Waals surface area contributed by atoms with E-state index in [1.807, 2.05) is 35.3 Å². The van der Waals surface area contributed by atoms with Gasteiger partial charge in [0.2, 0.25) is 5.91 Å². The van der Waals surface area contributed by atoms with Gasteiger partial charge in [-0.25, -0.2) is 5.01 Å². The van der Waals surface area contributed by atoms with Gasteiger partial charge in [0.05, 0.1) is 11.8 Å². The first-order chi connectivity index (χ1) is 17.0. The van der Waals surface area contributed by atoms with Gasteiger partial charge in [0, 0.05) is 23.6 Å². The third-order valence-corrected chi connectivity index (χ3v) is 7.30. The maximum absolute atomic E-state index is 12.7. The number of anilines is 1. The van der Waals surface area contributed by atoms with Gasteiger partial charge in [0.1, 0.15) is 5.25 Å². The SMILES string of the molecule is Cc1ccc(C2CC(c3ccccc3)=NN2C2=NC(=O)C(CC(=O)Nc3ccc(Cl)cc3)S2)cc1. The summed E-state index contributed by atoms with van der Waals surface area (Å²) in [4.78, 5) is 29.6. The zero-order valence-corrected chi connectivity index (χ0v) is 20.6. The number of amides is 2. The number of nitrogens with one attached hydrogen (secondary N) is 1. The number of hydrogen-bond donors (Lipinski definition) is 1. The van der Waals surface area contributed by atoms with E-state index >= 15 is 0 Å². The molecule has 2 aliphatic rings. The van der Waals surface area contributed by atoms with Gasteiger partial charge in [-0.2, -0.15) is 10.1 Å². The molecule has 0 bridgehead atoms. The van der Waals surface area contributed by atoms with Crippen LogP contribution in [-0.4, -0.2) is 33.0 Å². The van der Waals surface area contributed by atoms with E-state index in [1.165, 1.54) is 17.3 Å². The van der Waals surface area contributed by atoms with Crippen molar-refractivity contribution in [3.63, 3.8) is 0 Å². The summed E-state index contributed by atoms with van der Waals surface area (Å²) in [5, 5.41) is 10.1. The van der Waals surface area contributed by atoms with Crippen molar-refractivity contribution in [3.8, 4) is 0 Å². The van der Waals surface area contributed by atoms with Crippen LogP contribution >= 0.6 is 23.4 Å². The number of aryl methyl sites for hydroxylation is 1. The lowest BCUT2D eigenvalue weighted by Crippen LogP contribution is -2.25. The fourth-order valence-corrected chi connectivity index (χ4v) is 5.25. The van der Waals surface area contributed by atoms with Crippen molar-refractivity contribution in [1.29, 1.82) is 0 Å². The number of rotatable bonds is 5. The quantitative estimate of drug-likeness (QED) is 0.476. The Labute approximate surface area is 213 Å². The zero-order valence-electron chi connectivity index (χ0n) is 19.0. The predicted molar refractivity (Wildman–Crippen MR) is 142 cm³/mol. The maximum atomic E-state index is 12.7. The Morgan fingerprint density at radius 3 is 2.49 bits per heavy atom. The minimum atomic E-state index is -0.591. The first-order valence-corrected chi connectivity index (χ1v) is 12.6. The Hall–Kier alpha value is -3.42. The molecule has 2 atom stereocenters. The Morgan fingerprint density at radius 2 is 1.77 bits per heavy atom. The Bertz CT molecular complexity index is 1310. The molecule has 2 aliphatic heterocycles. The molecule has 6 nitrogen and oxygen atoms in total. The van der Waals surface area contributed by atoms with Gasteiger partial charge >= 0.3 is 0 Å². The third-order valence-electron chi connectivity index (χ3n) is 5.90. The molecule has 1 N–H and O–H groups in total. The van der Waals surface area contributed by atoms with E-state index in [0.29, 0.717) is 22.3 Å². The highest BCUT2D eigenvalue weighted by molar-refractivity contribution is 8.15. The number of nitrogens with zero attached hydrogens (tertiary/aromatic N) is 3. The number of amidine groups is 1. The number of hydrogen-bond acceptors (Lipinski definition) is 5. The molecule has 8 heteroatoms. The van der Waals surface area contributed by atoms with Crippen LogP contribution in [0.3, 0.4) is 0 Å². The number of carbonyl (C=O) groups is 2. The van der Waals surface area contributed by atoms with Crippen molar-refractivity contribution in [2.24, 2.45) is 10.1 Å². The van der Waals surface area contributed by atoms with E-state index in [1.54, 1.807) is 24.3 Å². The van der Waals surface area contributed by atoms with Crippen LogP contribution in [0.2, 0.25) is 5.02 Å². The average Bonchev–Trinajstić information content (AvgIpc) is 3.46. The summed E-state index contributed by atoms with van der Waals surface area (Å²) >= 11 is 7.20. The fraction of sp³-hybridized carbons (Fsp3) is 0.185.